The maximum Gasteiger partial charge on any atom is 0.233 e. The van der Waals surface area contributed by atoms with E-state index in [2.05, 4.69) is 27.1 Å². The molecule has 1 amide bonds. The quantitative estimate of drug-likeness (QED) is 0.818. The molecule has 20 heavy (non-hydrogen) atoms. The summed E-state index contributed by atoms with van der Waals surface area (Å²) in [6, 6.07) is 0.736. The lowest BCUT2D eigenvalue weighted by molar-refractivity contribution is -0.122. The molecule has 118 valence electrons. The number of hydrogen-bond donors (Lipinski definition) is 1. The number of rotatable bonds is 3. The standard InChI is InChI=1S/C13H26N4O.C2H6/c1-14-13(18)11-16-5-3-12(4-6-16)17-9-7-15(2)8-10-17;1-2/h12H,3-11H2,1-2H3,(H,14,18);1-2H3. The van der Waals surface area contributed by atoms with Crippen molar-refractivity contribution < 1.29 is 4.79 Å². The fourth-order valence-electron chi connectivity index (χ4n) is 2.91. The van der Waals surface area contributed by atoms with Gasteiger partial charge in [0.05, 0.1) is 6.54 Å². The van der Waals surface area contributed by atoms with Crippen LogP contribution in [0.5, 0.6) is 0 Å². The van der Waals surface area contributed by atoms with Crippen LogP contribution in [0.2, 0.25) is 0 Å². The van der Waals surface area contributed by atoms with Crippen LogP contribution in [0.4, 0.5) is 0 Å². The molecule has 0 aromatic heterocycles. The number of likely N-dealkylation sites (tertiary alicyclic amines) is 1. The summed E-state index contributed by atoms with van der Waals surface area (Å²) in [7, 11) is 3.91. The molecule has 2 aliphatic rings. The molecule has 2 aliphatic heterocycles. The summed E-state index contributed by atoms with van der Waals surface area (Å²) in [5.74, 6) is 0.132. The van der Waals surface area contributed by atoms with Gasteiger partial charge in [0, 0.05) is 52.4 Å². The molecule has 2 saturated heterocycles. The Morgan fingerprint density at radius 2 is 1.60 bits per heavy atom. The molecule has 0 aromatic rings. The maximum atomic E-state index is 11.3. The second kappa shape index (κ2) is 9.32. The highest BCUT2D eigenvalue weighted by Gasteiger charge is 2.26. The minimum Gasteiger partial charge on any atom is -0.358 e. The molecule has 5 heteroatoms. The van der Waals surface area contributed by atoms with Crippen LogP contribution in [-0.2, 0) is 4.79 Å². The van der Waals surface area contributed by atoms with Crippen LogP contribution in [0.3, 0.4) is 0 Å². The number of nitrogens with one attached hydrogen (secondary N) is 1. The van der Waals surface area contributed by atoms with Gasteiger partial charge in [-0.25, -0.2) is 0 Å². The third-order valence-corrected chi connectivity index (χ3v) is 4.26. The number of piperidine rings is 1. The molecule has 2 heterocycles. The Hall–Kier alpha value is -0.650. The second-order valence-corrected chi connectivity index (χ2v) is 5.52. The Balaban J connectivity index is 0.000000956. The molecule has 1 N–H and O–H groups in total. The van der Waals surface area contributed by atoms with Crippen molar-refractivity contribution in [1.29, 1.82) is 0 Å². The van der Waals surface area contributed by atoms with Crippen LogP contribution in [0.25, 0.3) is 0 Å². The summed E-state index contributed by atoms with van der Waals surface area (Å²) < 4.78 is 0. The fraction of sp³-hybridized carbons (Fsp3) is 0.933. The molecular formula is C15H32N4O. The van der Waals surface area contributed by atoms with E-state index in [1.165, 1.54) is 39.0 Å². The van der Waals surface area contributed by atoms with Crippen molar-refractivity contribution in [3.8, 4) is 0 Å². The van der Waals surface area contributed by atoms with Gasteiger partial charge >= 0.3 is 0 Å². The van der Waals surface area contributed by atoms with Crippen molar-refractivity contribution in [1.82, 2.24) is 20.0 Å². The predicted molar refractivity (Wildman–Crippen MR) is 83.9 cm³/mol. The topological polar surface area (TPSA) is 38.8 Å². The lowest BCUT2D eigenvalue weighted by Crippen LogP contribution is -2.53. The molecular weight excluding hydrogens is 252 g/mol. The zero-order chi connectivity index (χ0) is 15.0. The lowest BCUT2D eigenvalue weighted by atomic mass is 10.0. The van der Waals surface area contributed by atoms with Crippen LogP contribution in [0.1, 0.15) is 26.7 Å². The van der Waals surface area contributed by atoms with Gasteiger partial charge in [-0.15, -0.1) is 0 Å². The summed E-state index contributed by atoms with van der Waals surface area (Å²) in [5.41, 5.74) is 0. The zero-order valence-electron chi connectivity index (χ0n) is 13.7. The maximum absolute atomic E-state index is 11.3. The number of carbonyl (C=O) groups is 1. The second-order valence-electron chi connectivity index (χ2n) is 5.52. The normalized spacial score (nSPS) is 23.0. The summed E-state index contributed by atoms with van der Waals surface area (Å²) >= 11 is 0. The van der Waals surface area contributed by atoms with Gasteiger partial charge in [0.25, 0.3) is 0 Å². The van der Waals surface area contributed by atoms with Crippen molar-refractivity contribution in [3.63, 3.8) is 0 Å². The fourth-order valence-corrected chi connectivity index (χ4v) is 2.91. The Labute approximate surface area is 124 Å². The molecule has 0 spiro atoms. The van der Waals surface area contributed by atoms with E-state index in [0.29, 0.717) is 6.54 Å². The Bertz CT molecular complexity index is 269. The van der Waals surface area contributed by atoms with E-state index in [-0.39, 0.29) is 5.91 Å². The highest BCUT2D eigenvalue weighted by atomic mass is 16.1. The molecule has 5 nitrogen and oxygen atoms in total. The molecule has 2 rings (SSSR count). The third-order valence-electron chi connectivity index (χ3n) is 4.26. The van der Waals surface area contributed by atoms with Crippen molar-refractivity contribution in [3.05, 3.63) is 0 Å². The van der Waals surface area contributed by atoms with Gasteiger partial charge in [-0.2, -0.15) is 0 Å². The van der Waals surface area contributed by atoms with E-state index >= 15 is 0 Å². The van der Waals surface area contributed by atoms with Crippen LogP contribution in [-0.4, -0.2) is 86.6 Å². The molecule has 0 aromatic carbocycles. The van der Waals surface area contributed by atoms with E-state index in [9.17, 15) is 4.79 Å². The molecule has 0 bridgehead atoms. The summed E-state index contributed by atoms with van der Waals surface area (Å²) in [6.07, 6.45) is 2.42. The number of piperazine rings is 1. The first kappa shape index (κ1) is 17.4. The Morgan fingerprint density at radius 3 is 2.10 bits per heavy atom. The molecule has 0 aliphatic carbocycles. The minimum atomic E-state index is 0.132. The van der Waals surface area contributed by atoms with Crippen LogP contribution >= 0.6 is 0 Å². The summed E-state index contributed by atoms with van der Waals surface area (Å²) in [5, 5.41) is 2.70. The first-order valence-electron chi connectivity index (χ1n) is 8.04. The first-order chi connectivity index (χ1) is 9.69. The highest BCUT2D eigenvalue weighted by molar-refractivity contribution is 5.77. The monoisotopic (exact) mass is 284 g/mol. The Kier molecular flexibility index (Phi) is 8.11. The largest absolute Gasteiger partial charge is 0.358 e. The van der Waals surface area contributed by atoms with Crippen molar-refractivity contribution in [2.75, 3.05) is 59.9 Å². The number of hydrogen-bond acceptors (Lipinski definition) is 4. The van der Waals surface area contributed by atoms with Gasteiger partial charge in [0.2, 0.25) is 5.91 Å². The van der Waals surface area contributed by atoms with Gasteiger partial charge < -0.3 is 10.2 Å². The van der Waals surface area contributed by atoms with Crippen molar-refractivity contribution in [2.45, 2.75) is 32.7 Å². The predicted octanol–water partition coefficient (Wildman–Crippen LogP) is 0.470. The molecule has 0 saturated carbocycles. The number of likely N-dealkylation sites (N-methyl/N-ethyl adjacent to an activating group) is 2. The van der Waals surface area contributed by atoms with Crippen molar-refractivity contribution in [2.24, 2.45) is 0 Å². The average Bonchev–Trinajstić information content (AvgIpc) is 2.51. The van der Waals surface area contributed by atoms with E-state index in [1.807, 2.05) is 13.8 Å². The zero-order valence-corrected chi connectivity index (χ0v) is 13.7. The van der Waals surface area contributed by atoms with E-state index < -0.39 is 0 Å². The minimum absolute atomic E-state index is 0.132. The van der Waals surface area contributed by atoms with E-state index in [1.54, 1.807) is 7.05 Å². The van der Waals surface area contributed by atoms with Gasteiger partial charge in [-0.3, -0.25) is 14.6 Å². The Morgan fingerprint density at radius 1 is 1.05 bits per heavy atom. The SMILES string of the molecule is CC.CNC(=O)CN1CCC(N2CCN(C)CC2)CC1. The number of carbonyl (C=O) groups excluding carboxylic acids is 1. The van der Waals surface area contributed by atoms with Gasteiger partial charge in [0.15, 0.2) is 0 Å². The van der Waals surface area contributed by atoms with Crippen LogP contribution in [0.15, 0.2) is 0 Å². The summed E-state index contributed by atoms with van der Waals surface area (Å²) in [6.45, 7) is 11.5. The highest BCUT2D eigenvalue weighted by Crippen LogP contribution is 2.17. The number of amides is 1. The molecule has 0 atom stereocenters. The van der Waals surface area contributed by atoms with Crippen LogP contribution in [0, 0.1) is 0 Å². The summed E-state index contributed by atoms with van der Waals surface area (Å²) in [4.78, 5) is 18.6. The van der Waals surface area contributed by atoms with Gasteiger partial charge in [-0.1, -0.05) is 13.8 Å². The van der Waals surface area contributed by atoms with E-state index in [0.717, 1.165) is 19.1 Å². The average molecular weight is 284 g/mol. The number of nitrogens with zero attached hydrogens (tertiary/aromatic N) is 3. The lowest BCUT2D eigenvalue weighted by Gasteiger charge is -2.41. The van der Waals surface area contributed by atoms with Crippen LogP contribution < -0.4 is 5.32 Å². The van der Waals surface area contributed by atoms with E-state index in [4.69, 9.17) is 0 Å². The smallest absolute Gasteiger partial charge is 0.233 e. The molecule has 0 unspecified atom stereocenters. The molecule has 0 radical (unpaired) electrons. The van der Waals surface area contributed by atoms with Gasteiger partial charge in [-0.05, 0) is 19.9 Å². The van der Waals surface area contributed by atoms with Crippen molar-refractivity contribution >= 4 is 5.91 Å². The van der Waals surface area contributed by atoms with Gasteiger partial charge in [0.1, 0.15) is 0 Å². The first-order valence-corrected chi connectivity index (χ1v) is 8.04. The third kappa shape index (κ3) is 5.38. The molecule has 2 fully saturated rings.